The zero-order valence-electron chi connectivity index (χ0n) is 17.8. The molecule has 0 radical (unpaired) electrons. The predicted molar refractivity (Wildman–Crippen MR) is 126 cm³/mol. The molecule has 1 N–H and O–H groups in total. The maximum absolute atomic E-state index is 14.2. The molecule has 2 aromatic heterocycles. The fourth-order valence-corrected chi connectivity index (χ4v) is 4.81. The zero-order chi connectivity index (χ0) is 24.5. The SMILES string of the molecule is [C-]#[N+]c1cc(F)c2[nH]ccc2c1.[C-]#[N+]c1cc(F)c2c(ccn2S(=O)(=O)c2ccc(C)cc2)c1. The van der Waals surface area contributed by atoms with Crippen molar-refractivity contribution in [1.29, 1.82) is 0 Å². The molecule has 3 aromatic carbocycles. The van der Waals surface area contributed by atoms with Crippen LogP contribution in [0.15, 0.2) is 78.0 Å². The monoisotopic (exact) mass is 474 g/mol. The number of nitrogens with zero attached hydrogens (tertiary/aromatic N) is 3. The van der Waals surface area contributed by atoms with Crippen LogP contribution in [0.25, 0.3) is 31.5 Å². The Balaban J connectivity index is 0.000000192. The highest BCUT2D eigenvalue weighted by molar-refractivity contribution is 7.90. The summed E-state index contributed by atoms with van der Waals surface area (Å²) in [5, 5.41) is 1.11. The number of nitrogens with one attached hydrogen (secondary N) is 1. The highest BCUT2D eigenvalue weighted by Crippen LogP contribution is 2.29. The van der Waals surface area contributed by atoms with Crippen molar-refractivity contribution in [3.05, 3.63) is 113 Å². The van der Waals surface area contributed by atoms with E-state index in [1.165, 1.54) is 36.5 Å². The van der Waals surface area contributed by atoms with Crippen LogP contribution in [0.5, 0.6) is 0 Å². The second-order valence-corrected chi connectivity index (χ2v) is 9.20. The minimum atomic E-state index is -3.88. The maximum Gasteiger partial charge on any atom is 0.268 e. The van der Waals surface area contributed by atoms with Crippen molar-refractivity contribution in [2.75, 3.05) is 0 Å². The minimum Gasteiger partial charge on any atom is -0.359 e. The van der Waals surface area contributed by atoms with Crippen molar-refractivity contribution < 1.29 is 17.2 Å². The van der Waals surface area contributed by atoms with Crippen molar-refractivity contribution in [2.45, 2.75) is 11.8 Å². The van der Waals surface area contributed by atoms with Crippen LogP contribution >= 0.6 is 0 Å². The van der Waals surface area contributed by atoms with Crippen LogP contribution in [-0.4, -0.2) is 17.4 Å². The molecule has 34 heavy (non-hydrogen) atoms. The first-order valence-electron chi connectivity index (χ1n) is 9.89. The van der Waals surface area contributed by atoms with Gasteiger partial charge in [-0.05, 0) is 66.2 Å². The number of hydrogen-bond acceptors (Lipinski definition) is 2. The fraction of sp³-hybridized carbons (Fsp3) is 0.0400. The number of aryl methyl sites for hydroxylation is 1. The minimum absolute atomic E-state index is 0.0482. The summed E-state index contributed by atoms with van der Waals surface area (Å²) in [4.78, 5) is 9.18. The smallest absolute Gasteiger partial charge is 0.268 e. The third kappa shape index (κ3) is 4.13. The first kappa shape index (κ1) is 22.7. The van der Waals surface area contributed by atoms with E-state index < -0.39 is 15.8 Å². The summed E-state index contributed by atoms with van der Waals surface area (Å²) in [6.07, 6.45) is 2.96. The van der Waals surface area contributed by atoms with Crippen LogP contribution in [0, 0.1) is 31.7 Å². The predicted octanol–water partition coefficient (Wildman–Crippen LogP) is 6.73. The van der Waals surface area contributed by atoms with E-state index in [9.17, 15) is 17.2 Å². The lowest BCUT2D eigenvalue weighted by molar-refractivity contribution is 0.586. The molecule has 0 spiro atoms. The lowest BCUT2D eigenvalue weighted by atomic mass is 10.2. The Morgan fingerprint density at radius 2 is 1.47 bits per heavy atom. The van der Waals surface area contributed by atoms with Crippen LogP contribution in [0.4, 0.5) is 20.2 Å². The van der Waals surface area contributed by atoms with Crippen molar-refractivity contribution in [3.8, 4) is 0 Å². The highest BCUT2D eigenvalue weighted by Gasteiger charge is 2.21. The third-order valence-electron chi connectivity index (χ3n) is 5.12. The standard InChI is InChI=1S/C16H11FN2O2S.C9H5FN2/c1-11-3-5-14(6-4-11)22(20,21)19-8-7-12-9-13(18-2)10-15(17)16(12)19;1-11-7-4-6-2-3-12-9(6)8(10)5-7/h3-10H,1H3;2-5,12H. The maximum atomic E-state index is 14.2. The van der Waals surface area contributed by atoms with Gasteiger partial charge in [-0.1, -0.05) is 17.7 Å². The van der Waals surface area contributed by atoms with Crippen molar-refractivity contribution >= 4 is 43.2 Å². The molecule has 0 amide bonds. The van der Waals surface area contributed by atoms with Gasteiger partial charge in [0.15, 0.2) is 11.4 Å². The van der Waals surface area contributed by atoms with E-state index in [0.29, 0.717) is 16.6 Å². The van der Waals surface area contributed by atoms with Crippen LogP contribution in [0.1, 0.15) is 5.56 Å². The molecule has 5 aromatic rings. The highest BCUT2D eigenvalue weighted by atomic mass is 32.2. The molecule has 0 bridgehead atoms. The lowest BCUT2D eigenvalue weighted by Crippen LogP contribution is -2.12. The number of H-pyrrole nitrogens is 1. The van der Waals surface area contributed by atoms with E-state index in [1.807, 2.05) is 6.92 Å². The average molecular weight is 474 g/mol. The van der Waals surface area contributed by atoms with Gasteiger partial charge < -0.3 is 4.98 Å². The molecule has 168 valence electrons. The van der Waals surface area contributed by atoms with Crippen molar-refractivity contribution in [2.24, 2.45) is 0 Å². The van der Waals surface area contributed by atoms with E-state index in [0.717, 1.165) is 21.0 Å². The Hall–Kier alpha value is -4.47. The number of aromatic amines is 1. The molecule has 6 nitrogen and oxygen atoms in total. The van der Waals surface area contributed by atoms with Gasteiger partial charge in [-0.2, -0.15) is 0 Å². The second-order valence-electron chi connectivity index (χ2n) is 7.39. The van der Waals surface area contributed by atoms with Crippen LogP contribution < -0.4 is 0 Å². The molecular weight excluding hydrogens is 458 g/mol. The molecule has 0 fully saturated rings. The second kappa shape index (κ2) is 8.81. The van der Waals surface area contributed by atoms with E-state index in [-0.39, 0.29) is 21.9 Å². The van der Waals surface area contributed by atoms with E-state index in [2.05, 4.69) is 14.7 Å². The van der Waals surface area contributed by atoms with E-state index in [4.69, 9.17) is 13.1 Å². The average Bonchev–Trinajstić information content (AvgIpc) is 3.47. The largest absolute Gasteiger partial charge is 0.359 e. The first-order chi connectivity index (χ1) is 16.2. The van der Waals surface area contributed by atoms with Crippen molar-refractivity contribution in [1.82, 2.24) is 8.96 Å². The molecule has 0 aliphatic heterocycles. The molecule has 0 atom stereocenters. The summed E-state index contributed by atoms with van der Waals surface area (Å²) >= 11 is 0. The molecule has 5 rings (SSSR count). The molecule has 0 aliphatic carbocycles. The number of rotatable bonds is 2. The Morgan fingerprint density at radius 1 is 0.853 bits per heavy atom. The van der Waals surface area contributed by atoms with Gasteiger partial charge in [0.25, 0.3) is 10.0 Å². The number of hydrogen-bond donors (Lipinski definition) is 1. The van der Waals surface area contributed by atoms with E-state index in [1.54, 1.807) is 30.5 Å². The normalized spacial score (nSPS) is 11.0. The van der Waals surface area contributed by atoms with Crippen molar-refractivity contribution in [3.63, 3.8) is 0 Å². The van der Waals surface area contributed by atoms with Gasteiger partial charge in [-0.15, -0.1) is 0 Å². The molecule has 0 saturated carbocycles. The van der Waals surface area contributed by atoms with Gasteiger partial charge in [-0.3, -0.25) is 0 Å². The van der Waals surface area contributed by atoms with Crippen LogP contribution in [0.2, 0.25) is 0 Å². The van der Waals surface area contributed by atoms with Gasteiger partial charge in [0.05, 0.1) is 29.1 Å². The summed E-state index contributed by atoms with van der Waals surface area (Å²) in [7, 11) is -3.88. The van der Waals surface area contributed by atoms with Crippen LogP contribution in [-0.2, 0) is 10.0 Å². The van der Waals surface area contributed by atoms with Crippen LogP contribution in [0.3, 0.4) is 0 Å². The number of benzene rings is 3. The number of halogens is 2. The number of aromatic nitrogens is 2. The summed E-state index contributed by atoms with van der Waals surface area (Å²) in [6.45, 7) is 15.5. The Kier molecular flexibility index (Phi) is 5.89. The van der Waals surface area contributed by atoms with Gasteiger partial charge in [0, 0.05) is 12.4 Å². The molecule has 0 saturated heterocycles. The molecule has 2 heterocycles. The lowest BCUT2D eigenvalue weighted by Gasteiger charge is -2.08. The topological polar surface area (TPSA) is 63.6 Å². The molecule has 9 heteroatoms. The number of fused-ring (bicyclic) bond motifs is 2. The van der Waals surface area contributed by atoms with Gasteiger partial charge in [0.2, 0.25) is 0 Å². The Bertz CT molecular complexity index is 1720. The quantitative estimate of drug-likeness (QED) is 0.288. The Morgan fingerprint density at radius 3 is 2.12 bits per heavy atom. The van der Waals surface area contributed by atoms with E-state index >= 15 is 0 Å². The summed E-state index contributed by atoms with van der Waals surface area (Å²) in [6, 6.07) is 15.0. The van der Waals surface area contributed by atoms with Gasteiger partial charge in [0.1, 0.15) is 11.6 Å². The fourth-order valence-electron chi connectivity index (χ4n) is 3.45. The Labute approximate surface area is 194 Å². The summed E-state index contributed by atoms with van der Waals surface area (Å²) in [5.74, 6) is -1.10. The molecular formula is C25H16F2N4O2S. The zero-order valence-corrected chi connectivity index (χ0v) is 18.6. The molecule has 0 aliphatic rings. The van der Waals surface area contributed by atoms with Gasteiger partial charge in [-0.25, -0.2) is 30.9 Å². The third-order valence-corrected chi connectivity index (χ3v) is 6.81. The summed E-state index contributed by atoms with van der Waals surface area (Å²) < 4.78 is 53.5. The first-order valence-corrected chi connectivity index (χ1v) is 11.3. The summed E-state index contributed by atoms with van der Waals surface area (Å²) in [5.41, 5.74) is 1.81. The molecule has 0 unspecified atom stereocenters. The van der Waals surface area contributed by atoms with Gasteiger partial charge >= 0.3 is 0 Å².